The summed E-state index contributed by atoms with van der Waals surface area (Å²) in [5.41, 5.74) is 1.28. The normalized spacial score (nSPS) is 11.3. The van der Waals surface area contributed by atoms with E-state index in [1.807, 2.05) is 24.3 Å². The van der Waals surface area contributed by atoms with Gasteiger partial charge in [0.25, 0.3) is 5.56 Å². The molecule has 36 heavy (non-hydrogen) atoms. The molecule has 3 aromatic rings. The summed E-state index contributed by atoms with van der Waals surface area (Å²) in [6, 6.07) is 12.0. The molecule has 0 spiro atoms. The maximum Gasteiger partial charge on any atom is 0.315 e. The molecule has 10 heteroatoms. The van der Waals surface area contributed by atoms with E-state index in [1.54, 1.807) is 31.4 Å². The number of ether oxygens (including phenoxy) is 1. The van der Waals surface area contributed by atoms with Gasteiger partial charge in [0.2, 0.25) is 0 Å². The first-order valence-electron chi connectivity index (χ1n) is 11.2. The van der Waals surface area contributed by atoms with Crippen LogP contribution in [0.2, 0.25) is 0 Å². The first kappa shape index (κ1) is 27.3. The highest BCUT2D eigenvalue weighted by Gasteiger charge is 2.15. The largest absolute Gasteiger partial charge is 0.487 e. The van der Waals surface area contributed by atoms with E-state index in [0.29, 0.717) is 18.8 Å². The Labute approximate surface area is 216 Å². The summed E-state index contributed by atoms with van der Waals surface area (Å²) in [6.45, 7) is 5.58. The number of nitrogens with zero attached hydrogens (tertiary/aromatic N) is 1. The summed E-state index contributed by atoms with van der Waals surface area (Å²) in [7, 11) is 0. The average molecular weight is 564 g/mol. The average Bonchev–Trinajstić information content (AvgIpc) is 2.81. The monoisotopic (exact) mass is 563 g/mol. The third kappa shape index (κ3) is 7.63. The van der Waals surface area contributed by atoms with Gasteiger partial charge in [-0.25, -0.2) is 13.6 Å². The maximum atomic E-state index is 13.9. The molecule has 2 amide bonds. The molecule has 3 rings (SSSR count). The molecule has 1 aromatic heterocycles. The summed E-state index contributed by atoms with van der Waals surface area (Å²) in [6.07, 6.45) is 0. The van der Waals surface area contributed by atoms with Crippen LogP contribution >= 0.6 is 15.9 Å². The molecule has 0 aliphatic rings. The lowest BCUT2D eigenvalue weighted by atomic mass is 10.1. The van der Waals surface area contributed by atoms with E-state index >= 15 is 0 Å². The molecule has 0 saturated heterocycles. The van der Waals surface area contributed by atoms with E-state index in [9.17, 15) is 23.5 Å². The number of amides is 2. The quantitative estimate of drug-likeness (QED) is 0.360. The van der Waals surface area contributed by atoms with Gasteiger partial charge in [-0.15, -0.1) is 0 Å². The van der Waals surface area contributed by atoms with Crippen LogP contribution in [0, 0.1) is 18.6 Å². The zero-order valence-corrected chi connectivity index (χ0v) is 21.8. The minimum Gasteiger partial charge on any atom is -0.487 e. The molecule has 0 atom stereocenters. The van der Waals surface area contributed by atoms with Crippen molar-refractivity contribution >= 4 is 22.0 Å². The molecule has 1 heterocycles. The maximum absolute atomic E-state index is 13.9. The van der Waals surface area contributed by atoms with E-state index in [0.717, 1.165) is 23.3 Å². The Morgan fingerprint density at radius 1 is 1.08 bits per heavy atom. The van der Waals surface area contributed by atoms with Crippen molar-refractivity contribution in [1.29, 1.82) is 0 Å². The van der Waals surface area contributed by atoms with Gasteiger partial charge in [0, 0.05) is 36.5 Å². The number of aliphatic hydroxyl groups is 1. The van der Waals surface area contributed by atoms with Crippen LogP contribution in [0.15, 0.2) is 57.8 Å². The second-order valence-corrected chi connectivity index (χ2v) is 9.84. The Morgan fingerprint density at radius 3 is 2.39 bits per heavy atom. The van der Waals surface area contributed by atoms with Crippen LogP contribution in [-0.2, 0) is 19.7 Å². The third-order valence-electron chi connectivity index (χ3n) is 5.31. The summed E-state index contributed by atoms with van der Waals surface area (Å²) >= 11 is 3.28. The number of aryl methyl sites for hydroxylation is 1. The van der Waals surface area contributed by atoms with Crippen molar-refractivity contribution < 1.29 is 23.4 Å². The Balaban J connectivity index is 1.63. The van der Waals surface area contributed by atoms with E-state index in [4.69, 9.17) is 4.74 Å². The van der Waals surface area contributed by atoms with Gasteiger partial charge in [0.1, 0.15) is 28.5 Å². The van der Waals surface area contributed by atoms with Gasteiger partial charge in [-0.1, -0.05) is 24.3 Å². The fourth-order valence-electron chi connectivity index (χ4n) is 3.30. The highest BCUT2D eigenvalue weighted by Crippen LogP contribution is 2.24. The number of pyridine rings is 1. The SMILES string of the molecule is Cc1cc(OCc2ccc(F)cc2F)c(Br)c(=O)n1Cc1ccc(CNC(=O)NCC(C)(C)O)cc1. The Hall–Kier alpha value is -3.24. The molecular formula is C26H28BrF2N3O4. The highest BCUT2D eigenvalue weighted by molar-refractivity contribution is 9.10. The summed E-state index contributed by atoms with van der Waals surface area (Å²) < 4.78 is 34.4. The second-order valence-electron chi connectivity index (χ2n) is 9.04. The fraction of sp³-hybridized carbons (Fsp3) is 0.308. The second kappa shape index (κ2) is 11.7. The molecule has 0 aliphatic carbocycles. The predicted octanol–water partition coefficient (Wildman–Crippen LogP) is 4.39. The third-order valence-corrected chi connectivity index (χ3v) is 6.04. The van der Waals surface area contributed by atoms with Gasteiger partial charge in [-0.2, -0.15) is 0 Å². The zero-order valence-electron chi connectivity index (χ0n) is 20.2. The molecule has 0 radical (unpaired) electrons. The standard InChI is InChI=1S/C26H28BrF2N3O4/c1-16-10-22(36-14-19-8-9-20(28)11-21(19)29)23(27)24(33)32(16)13-18-6-4-17(5-7-18)12-30-25(34)31-15-26(2,3)35/h4-11,35H,12-15H2,1-3H3,(H2,30,31,34). The molecule has 0 bridgehead atoms. The first-order chi connectivity index (χ1) is 16.9. The van der Waals surface area contributed by atoms with E-state index in [-0.39, 0.29) is 40.5 Å². The number of hydrogen-bond donors (Lipinski definition) is 3. The molecule has 0 unspecified atom stereocenters. The van der Waals surface area contributed by atoms with Crippen LogP contribution in [-0.4, -0.2) is 27.9 Å². The number of hydrogen-bond acceptors (Lipinski definition) is 4. The van der Waals surface area contributed by atoms with Crippen LogP contribution in [0.3, 0.4) is 0 Å². The number of nitrogens with one attached hydrogen (secondary N) is 2. The summed E-state index contributed by atoms with van der Waals surface area (Å²) in [5, 5.41) is 15.0. The van der Waals surface area contributed by atoms with Gasteiger partial charge >= 0.3 is 6.03 Å². The highest BCUT2D eigenvalue weighted by atomic mass is 79.9. The molecule has 0 saturated carbocycles. The molecule has 192 valence electrons. The molecule has 0 aliphatic heterocycles. The number of urea groups is 1. The lowest BCUT2D eigenvalue weighted by molar-refractivity contribution is 0.0819. The van der Waals surface area contributed by atoms with Crippen LogP contribution < -0.4 is 20.9 Å². The van der Waals surface area contributed by atoms with Crippen molar-refractivity contribution in [3.8, 4) is 5.75 Å². The first-order valence-corrected chi connectivity index (χ1v) is 12.0. The van der Waals surface area contributed by atoms with E-state index in [1.165, 1.54) is 6.07 Å². The van der Waals surface area contributed by atoms with E-state index < -0.39 is 17.2 Å². The van der Waals surface area contributed by atoms with Crippen LogP contribution in [0.1, 0.15) is 36.2 Å². The van der Waals surface area contributed by atoms with Crippen molar-refractivity contribution in [2.45, 2.75) is 46.1 Å². The Kier molecular flexibility index (Phi) is 8.86. The Bertz CT molecular complexity index is 1290. The van der Waals surface area contributed by atoms with Crippen molar-refractivity contribution in [1.82, 2.24) is 15.2 Å². The molecular weight excluding hydrogens is 536 g/mol. The predicted molar refractivity (Wildman–Crippen MR) is 136 cm³/mol. The van der Waals surface area contributed by atoms with Gasteiger partial charge in [0.05, 0.1) is 12.1 Å². The number of carbonyl (C=O) groups excluding carboxylic acids is 1. The van der Waals surface area contributed by atoms with Crippen molar-refractivity contribution in [3.05, 3.63) is 97.4 Å². The number of benzene rings is 2. The van der Waals surface area contributed by atoms with Crippen molar-refractivity contribution in [3.63, 3.8) is 0 Å². The van der Waals surface area contributed by atoms with Crippen molar-refractivity contribution in [2.75, 3.05) is 6.54 Å². The Morgan fingerprint density at radius 2 is 1.75 bits per heavy atom. The zero-order chi connectivity index (χ0) is 26.5. The van der Waals surface area contributed by atoms with Crippen molar-refractivity contribution in [2.24, 2.45) is 0 Å². The van der Waals surface area contributed by atoms with Crippen LogP contribution in [0.25, 0.3) is 0 Å². The lowest BCUT2D eigenvalue weighted by Crippen LogP contribution is -2.43. The lowest BCUT2D eigenvalue weighted by Gasteiger charge is -2.18. The summed E-state index contributed by atoms with van der Waals surface area (Å²) in [4.78, 5) is 24.8. The van der Waals surface area contributed by atoms with Gasteiger partial charge in [-0.3, -0.25) is 4.79 Å². The molecule has 7 nitrogen and oxygen atoms in total. The summed E-state index contributed by atoms with van der Waals surface area (Å²) in [5.74, 6) is -1.13. The minimum absolute atomic E-state index is 0.133. The number of rotatable bonds is 9. The molecule has 3 N–H and O–H groups in total. The molecule has 2 aromatic carbocycles. The molecule has 0 fully saturated rings. The van der Waals surface area contributed by atoms with Crippen LogP contribution in [0.4, 0.5) is 13.6 Å². The van der Waals surface area contributed by atoms with Gasteiger partial charge in [0.15, 0.2) is 0 Å². The minimum atomic E-state index is -0.991. The topological polar surface area (TPSA) is 92.6 Å². The number of carbonyl (C=O) groups is 1. The van der Waals surface area contributed by atoms with E-state index in [2.05, 4.69) is 26.6 Å². The fourth-order valence-corrected chi connectivity index (χ4v) is 3.74. The smallest absolute Gasteiger partial charge is 0.315 e. The number of aromatic nitrogens is 1. The van der Waals surface area contributed by atoms with Gasteiger partial charge < -0.3 is 25.0 Å². The number of halogens is 3. The van der Waals surface area contributed by atoms with Crippen LogP contribution in [0.5, 0.6) is 5.75 Å². The van der Waals surface area contributed by atoms with Gasteiger partial charge in [-0.05, 0) is 60.0 Å².